The Kier molecular flexibility index (Phi) is 12.8. The Hall–Kier alpha value is -15.5. The third-order valence-electron chi connectivity index (χ3n) is 26.1. The molecule has 0 bridgehead atoms. The normalized spacial score (nSPS) is 15.8. The summed E-state index contributed by atoms with van der Waals surface area (Å²) in [6.45, 7) is -0.660. The van der Waals surface area contributed by atoms with Crippen molar-refractivity contribution >= 4 is 177 Å². The standard InChI is InChI=1S/C114H72BN5/c1-5-33-73(34-6-1)110-90-51-21-17-45-84(90)86-47-19-23-53-92(86)113(110)119-106-67-96-94-63-75(82-55-29-37-71-31-13-15-43-80(71)82)59-61-102(94)116(77-39-9-3-10-40-77)104(96)69-98(106)115-99-70-105-97(95-64-76(83-56-30-38-72-32-14-16-44-81(72)83)60-62-103(95)117(105)78-41-11-4-12-42-78)68-107(99)120(114-93-54-24-20-48-87(93)85-46-18-22-52-91(85)111(114)74-35-7-2-8-36-74)109-66-79(65-108(119)112(109)115)118-100-57-27-25-49-88(100)89-50-26-28-58-101(89)118/h1-70,88,100H/i25D,26D,27D,28D,49D,50D,57D,58D. The number of rotatable bonds is 9. The van der Waals surface area contributed by atoms with Gasteiger partial charge in [-0.25, -0.2) is 0 Å². The highest BCUT2D eigenvalue weighted by Gasteiger charge is 2.48. The van der Waals surface area contributed by atoms with E-state index in [1.165, 1.54) is 0 Å². The maximum absolute atomic E-state index is 10.5. The molecule has 4 aliphatic rings. The number of hydrogen-bond acceptors (Lipinski definition) is 3. The summed E-state index contributed by atoms with van der Waals surface area (Å²) in [6.07, 6.45) is 0. The zero-order chi connectivity index (χ0) is 85.3. The first kappa shape index (κ1) is 59.2. The minimum atomic E-state index is -1.30. The minimum absolute atomic E-state index is 0.0781. The Balaban J connectivity index is 0.904. The molecule has 6 heteroatoms. The number of allylic oxidation sites excluding steroid dienone is 2. The van der Waals surface area contributed by atoms with Crippen LogP contribution in [0.4, 0.5) is 45.5 Å². The van der Waals surface area contributed by atoms with E-state index in [1.807, 2.05) is 4.90 Å². The average molecular weight is 1530 g/mol. The molecular weight excluding hydrogens is 1450 g/mol. The van der Waals surface area contributed by atoms with Crippen molar-refractivity contribution in [1.29, 1.82) is 0 Å². The van der Waals surface area contributed by atoms with Gasteiger partial charge >= 0.3 is 0 Å². The summed E-state index contributed by atoms with van der Waals surface area (Å²) in [5, 5.41) is 16.8. The predicted molar refractivity (Wildman–Crippen MR) is 509 cm³/mol. The minimum Gasteiger partial charge on any atom is -0.333 e. The Labute approximate surface area is 705 Å². The van der Waals surface area contributed by atoms with Gasteiger partial charge < -0.3 is 23.8 Å². The predicted octanol–water partition coefficient (Wildman–Crippen LogP) is 28.3. The molecule has 0 N–H and O–H groups in total. The molecule has 0 fully saturated rings. The highest BCUT2D eigenvalue weighted by Crippen LogP contribution is 2.59. The maximum Gasteiger partial charge on any atom is 0.252 e. The molecule has 2 aromatic heterocycles. The largest absolute Gasteiger partial charge is 0.333 e. The summed E-state index contributed by atoms with van der Waals surface area (Å²) < 4.78 is 84.7. The lowest BCUT2D eigenvalue weighted by Crippen LogP contribution is -2.61. The molecule has 556 valence electrons. The van der Waals surface area contributed by atoms with Crippen LogP contribution in [0.15, 0.2) is 424 Å². The highest BCUT2D eigenvalue weighted by atomic mass is 15.2. The van der Waals surface area contributed by atoms with Gasteiger partial charge in [-0.05, 0) is 200 Å². The molecule has 0 spiro atoms. The third-order valence-corrected chi connectivity index (χ3v) is 26.1. The fraction of sp³-hybridized carbons (Fsp3) is 0.0175. The fourth-order valence-corrected chi connectivity index (χ4v) is 21.1. The average Bonchev–Trinajstić information content (AvgIpc) is 1.23. The van der Waals surface area contributed by atoms with Crippen LogP contribution < -0.4 is 31.1 Å². The van der Waals surface area contributed by atoms with Crippen LogP contribution in [-0.4, -0.2) is 21.9 Å². The van der Waals surface area contributed by atoms with E-state index in [-0.39, 0.29) is 35.4 Å². The molecule has 26 rings (SSSR count). The second-order valence-electron chi connectivity index (χ2n) is 32.2. The number of benzene rings is 20. The molecule has 5 nitrogen and oxygen atoms in total. The van der Waals surface area contributed by atoms with Crippen molar-refractivity contribution in [3.63, 3.8) is 0 Å². The molecular formula is C114H72BN5. The molecule has 1 aliphatic carbocycles. The van der Waals surface area contributed by atoms with Gasteiger partial charge in [0.05, 0.1) is 50.4 Å². The molecule has 0 saturated carbocycles. The summed E-state index contributed by atoms with van der Waals surface area (Å²) in [6, 6.07) is 132. The van der Waals surface area contributed by atoms with Crippen LogP contribution in [0.3, 0.4) is 0 Å². The molecule has 22 aromatic rings. The summed E-state index contributed by atoms with van der Waals surface area (Å²) in [7, 11) is 0. The Morgan fingerprint density at radius 1 is 0.267 bits per heavy atom. The second-order valence-corrected chi connectivity index (χ2v) is 32.2. The maximum atomic E-state index is 10.5. The molecule has 3 aliphatic heterocycles. The Morgan fingerprint density at radius 3 is 1.14 bits per heavy atom. The van der Waals surface area contributed by atoms with Gasteiger partial charge in [-0.1, -0.05) is 334 Å². The summed E-state index contributed by atoms with van der Waals surface area (Å²) in [5.41, 5.74) is 22.8. The van der Waals surface area contributed by atoms with Crippen molar-refractivity contribution < 1.29 is 11.0 Å². The van der Waals surface area contributed by atoms with Gasteiger partial charge in [0, 0.05) is 94.9 Å². The van der Waals surface area contributed by atoms with Gasteiger partial charge in [-0.15, -0.1) is 0 Å². The van der Waals surface area contributed by atoms with E-state index in [2.05, 4.69) is 395 Å². The molecule has 0 amide bonds. The first-order valence-electron chi connectivity index (χ1n) is 45.2. The molecule has 120 heavy (non-hydrogen) atoms. The lowest BCUT2D eigenvalue weighted by Gasteiger charge is -2.46. The van der Waals surface area contributed by atoms with Gasteiger partial charge in [0.2, 0.25) is 0 Å². The van der Waals surface area contributed by atoms with Crippen LogP contribution >= 0.6 is 0 Å². The SMILES string of the molecule is [2H]C1=C([2H])C2c3c([2H])c([2H])c([2H])c([2H])c3N(c3cc4c5c(c3)N(c3c(-c6ccccc6)c6ccccc6c6ccccc36)c3cc6c7cc(-c8cccc9ccccc89)ccc7n(-c7ccccc7)c6cc3B5c3cc5c(cc3N4c3c(-c4ccccc4)c4ccccc4c4ccccc34)c3cc(-c4cccc6ccccc46)ccc3n5-c3ccccc3)C2C([2H])=C1[2H]. The first-order chi connectivity index (χ1) is 62.9. The van der Waals surface area contributed by atoms with Crippen molar-refractivity contribution in [3.8, 4) is 55.9 Å². The number of para-hydroxylation sites is 3. The van der Waals surface area contributed by atoms with Crippen LogP contribution in [0.25, 0.3) is 164 Å². The van der Waals surface area contributed by atoms with Crippen molar-refractivity contribution in [2.24, 2.45) is 0 Å². The molecule has 0 radical (unpaired) electrons. The fourth-order valence-electron chi connectivity index (χ4n) is 21.1. The molecule has 0 saturated heterocycles. The van der Waals surface area contributed by atoms with Gasteiger partial charge in [0.15, 0.2) is 0 Å². The van der Waals surface area contributed by atoms with E-state index in [0.717, 1.165) is 215 Å². The van der Waals surface area contributed by atoms with Gasteiger partial charge in [0.25, 0.3) is 6.71 Å². The van der Waals surface area contributed by atoms with Crippen LogP contribution in [0.1, 0.15) is 22.4 Å². The molecule has 5 heterocycles. The van der Waals surface area contributed by atoms with E-state index in [9.17, 15) is 11.0 Å². The summed E-state index contributed by atoms with van der Waals surface area (Å²) >= 11 is 0. The zero-order valence-corrected chi connectivity index (χ0v) is 64.8. The van der Waals surface area contributed by atoms with Gasteiger partial charge in [0.1, 0.15) is 0 Å². The van der Waals surface area contributed by atoms with Crippen molar-refractivity contribution in [1.82, 2.24) is 9.13 Å². The van der Waals surface area contributed by atoms with Crippen LogP contribution in [0.5, 0.6) is 0 Å². The topological polar surface area (TPSA) is 19.6 Å². The lowest BCUT2D eigenvalue weighted by atomic mass is 9.33. The summed E-state index contributed by atoms with van der Waals surface area (Å²) in [4.78, 5) is 6.91. The van der Waals surface area contributed by atoms with Crippen LogP contribution in [0.2, 0.25) is 0 Å². The number of fused-ring (bicyclic) bond motifs is 21. The Bertz CT molecular complexity index is 8280. The molecule has 2 unspecified atom stereocenters. The second kappa shape index (κ2) is 26.0. The Morgan fingerprint density at radius 2 is 0.658 bits per heavy atom. The zero-order valence-electron chi connectivity index (χ0n) is 72.8. The highest BCUT2D eigenvalue weighted by molar-refractivity contribution is 7.00. The van der Waals surface area contributed by atoms with Gasteiger partial charge in [-0.2, -0.15) is 0 Å². The summed E-state index contributed by atoms with van der Waals surface area (Å²) in [5.74, 6) is -1.26. The molecule has 20 aromatic carbocycles. The van der Waals surface area contributed by atoms with E-state index in [4.69, 9.17) is 0 Å². The van der Waals surface area contributed by atoms with E-state index >= 15 is 0 Å². The number of nitrogens with zero attached hydrogens (tertiary/aromatic N) is 5. The quantitative estimate of drug-likeness (QED) is 0.106. The van der Waals surface area contributed by atoms with Crippen molar-refractivity contribution in [3.05, 3.63) is 430 Å². The van der Waals surface area contributed by atoms with Crippen molar-refractivity contribution in [2.45, 2.75) is 12.0 Å². The monoisotopic (exact) mass is 1530 g/mol. The third kappa shape index (κ3) is 9.67. The van der Waals surface area contributed by atoms with Crippen LogP contribution in [0, 0.1) is 0 Å². The number of hydrogen-bond donors (Lipinski definition) is 0. The number of aromatic nitrogens is 2. The van der Waals surface area contributed by atoms with Gasteiger partial charge in [-0.3, -0.25) is 0 Å². The van der Waals surface area contributed by atoms with E-state index < -0.39 is 42.9 Å². The van der Waals surface area contributed by atoms with E-state index in [0.29, 0.717) is 5.69 Å². The molecule has 2 atom stereocenters. The van der Waals surface area contributed by atoms with Crippen molar-refractivity contribution in [2.75, 3.05) is 14.7 Å². The smallest absolute Gasteiger partial charge is 0.252 e. The van der Waals surface area contributed by atoms with Crippen LogP contribution in [-0.2, 0) is 0 Å². The lowest BCUT2D eigenvalue weighted by molar-refractivity contribution is 0.745. The number of anilines is 8. The van der Waals surface area contributed by atoms with E-state index in [1.54, 1.807) is 0 Å². The first-order valence-corrected chi connectivity index (χ1v) is 41.2.